The van der Waals surface area contributed by atoms with Crippen LogP contribution in [0.3, 0.4) is 0 Å². The first-order chi connectivity index (χ1) is 18.7. The average Bonchev–Trinajstić information content (AvgIpc) is 2.88. The van der Waals surface area contributed by atoms with E-state index in [1.54, 1.807) is 13.8 Å². The molecule has 0 amide bonds. The van der Waals surface area contributed by atoms with Gasteiger partial charge in [-0.2, -0.15) is 0 Å². The van der Waals surface area contributed by atoms with Gasteiger partial charge in [0, 0.05) is 0 Å². The maximum absolute atomic E-state index is 11.0. The SMILES string of the molecule is CC(C)Oc1cccc(C(=O)O)c1C(=O)O.O=C(O)c1ccccc1C(=O)O.O=C(O)c1ccccc1C(=O)O. The fraction of sp³-hybridized carbons (Fsp3) is 0.111. The summed E-state index contributed by atoms with van der Waals surface area (Å²) in [6.07, 6.45) is -0.220. The highest BCUT2D eigenvalue weighted by Crippen LogP contribution is 2.23. The summed E-state index contributed by atoms with van der Waals surface area (Å²) in [5.74, 6) is -7.44. The summed E-state index contributed by atoms with van der Waals surface area (Å²) in [6, 6.07) is 15.1. The standard InChI is InChI=1S/C11H12O5.2C8H6O4/c1-6(2)16-8-5-3-4-7(10(12)13)9(8)11(14)15;2*9-7(10)5-3-1-2-4-6(5)8(11)12/h3-6H,1-2H3,(H,12,13)(H,14,15);2*1-4H,(H,9,10)(H,11,12). The van der Waals surface area contributed by atoms with Crippen LogP contribution < -0.4 is 4.74 Å². The van der Waals surface area contributed by atoms with E-state index in [9.17, 15) is 28.8 Å². The molecule has 0 atom stereocenters. The summed E-state index contributed by atoms with van der Waals surface area (Å²) in [5, 5.41) is 52.0. The van der Waals surface area contributed by atoms with Crippen molar-refractivity contribution in [2.45, 2.75) is 20.0 Å². The third-order valence-corrected chi connectivity index (χ3v) is 4.61. The molecule has 0 fully saturated rings. The monoisotopic (exact) mass is 556 g/mol. The highest BCUT2D eigenvalue weighted by atomic mass is 16.5. The first kappa shape index (κ1) is 32.3. The molecule has 0 bridgehead atoms. The Hall–Kier alpha value is -5.72. The van der Waals surface area contributed by atoms with Crippen molar-refractivity contribution in [3.8, 4) is 5.75 Å². The van der Waals surface area contributed by atoms with Crippen molar-refractivity contribution in [3.63, 3.8) is 0 Å². The second-order valence-corrected chi connectivity index (χ2v) is 7.77. The van der Waals surface area contributed by atoms with Gasteiger partial charge < -0.3 is 35.4 Å². The predicted octanol–water partition coefficient (Wildman–Crippen LogP) is 4.04. The fourth-order valence-corrected chi connectivity index (χ4v) is 2.99. The molecule has 6 N–H and O–H groups in total. The van der Waals surface area contributed by atoms with Gasteiger partial charge in [0.25, 0.3) is 0 Å². The number of carboxylic acid groups (broad SMARTS) is 6. The van der Waals surface area contributed by atoms with E-state index in [4.69, 9.17) is 35.4 Å². The van der Waals surface area contributed by atoms with Gasteiger partial charge in [0.2, 0.25) is 0 Å². The number of hydrogen-bond acceptors (Lipinski definition) is 7. The first-order valence-corrected chi connectivity index (χ1v) is 11.1. The summed E-state index contributed by atoms with van der Waals surface area (Å²) in [4.78, 5) is 63.7. The van der Waals surface area contributed by atoms with Gasteiger partial charge in [-0.25, -0.2) is 28.8 Å². The van der Waals surface area contributed by atoms with Gasteiger partial charge in [0.15, 0.2) is 0 Å². The van der Waals surface area contributed by atoms with E-state index >= 15 is 0 Å². The zero-order chi connectivity index (χ0) is 30.6. The Kier molecular flexibility index (Phi) is 12.0. The lowest BCUT2D eigenvalue weighted by Gasteiger charge is -2.13. The Morgan fingerprint density at radius 3 is 1.02 bits per heavy atom. The second kappa shape index (κ2) is 14.9. The largest absolute Gasteiger partial charge is 0.490 e. The van der Waals surface area contributed by atoms with Crippen LogP contribution >= 0.6 is 0 Å². The highest BCUT2D eigenvalue weighted by molar-refractivity contribution is 6.04. The predicted molar refractivity (Wildman–Crippen MR) is 137 cm³/mol. The van der Waals surface area contributed by atoms with E-state index in [1.165, 1.54) is 66.7 Å². The number of benzene rings is 3. The van der Waals surface area contributed by atoms with E-state index in [0.717, 1.165) is 0 Å². The Morgan fingerprint density at radius 2 is 0.775 bits per heavy atom. The summed E-state index contributed by atoms with van der Waals surface area (Å²) >= 11 is 0. The van der Waals surface area contributed by atoms with Crippen LogP contribution in [0, 0.1) is 0 Å². The van der Waals surface area contributed by atoms with Crippen molar-refractivity contribution < 1.29 is 64.1 Å². The van der Waals surface area contributed by atoms with Crippen LogP contribution in [-0.4, -0.2) is 72.6 Å². The quantitative estimate of drug-likeness (QED) is 0.230. The molecule has 40 heavy (non-hydrogen) atoms. The third-order valence-electron chi connectivity index (χ3n) is 4.61. The van der Waals surface area contributed by atoms with Crippen LogP contribution in [0.15, 0.2) is 66.7 Å². The molecule has 0 saturated heterocycles. The molecule has 0 aliphatic rings. The topological polar surface area (TPSA) is 233 Å². The smallest absolute Gasteiger partial charge is 0.340 e. The van der Waals surface area contributed by atoms with E-state index in [-0.39, 0.29) is 45.2 Å². The average molecular weight is 556 g/mol. The normalized spacial score (nSPS) is 9.68. The molecule has 3 rings (SSSR count). The van der Waals surface area contributed by atoms with Crippen LogP contribution in [0.1, 0.15) is 76.0 Å². The molecule has 0 aliphatic carbocycles. The van der Waals surface area contributed by atoms with Gasteiger partial charge in [0.05, 0.1) is 33.9 Å². The summed E-state index contributed by atoms with van der Waals surface area (Å²) in [6.45, 7) is 3.47. The number of ether oxygens (including phenoxy) is 1. The summed E-state index contributed by atoms with van der Waals surface area (Å²) < 4.78 is 5.25. The number of carbonyl (C=O) groups is 6. The molecule has 0 unspecified atom stereocenters. The Labute approximate surface area is 226 Å². The molecule has 3 aromatic rings. The molecule has 0 heterocycles. The lowest BCUT2D eigenvalue weighted by Crippen LogP contribution is -2.14. The minimum Gasteiger partial charge on any atom is -0.490 e. The van der Waals surface area contributed by atoms with Crippen molar-refractivity contribution in [2.75, 3.05) is 0 Å². The lowest BCUT2D eigenvalue weighted by atomic mass is 10.1. The van der Waals surface area contributed by atoms with Crippen molar-refractivity contribution in [2.24, 2.45) is 0 Å². The maximum atomic E-state index is 11.0. The molecule has 0 spiro atoms. The van der Waals surface area contributed by atoms with Crippen LogP contribution in [0.5, 0.6) is 5.75 Å². The number of aromatic carboxylic acids is 6. The molecule has 0 aliphatic heterocycles. The minimum atomic E-state index is -1.31. The molecular formula is C27H24O13. The molecule has 210 valence electrons. The molecule has 13 nitrogen and oxygen atoms in total. The molecule has 0 aromatic heterocycles. The minimum absolute atomic E-state index is 0.0717. The fourth-order valence-electron chi connectivity index (χ4n) is 2.99. The molecule has 3 aromatic carbocycles. The third kappa shape index (κ3) is 9.30. The van der Waals surface area contributed by atoms with E-state index in [0.29, 0.717) is 0 Å². The Balaban J connectivity index is 0.000000305. The summed E-state index contributed by atoms with van der Waals surface area (Å²) in [5.41, 5.74) is -1.35. The van der Waals surface area contributed by atoms with Gasteiger partial charge in [0.1, 0.15) is 11.3 Å². The van der Waals surface area contributed by atoms with Gasteiger partial charge in [-0.1, -0.05) is 30.3 Å². The van der Waals surface area contributed by atoms with Crippen molar-refractivity contribution in [3.05, 3.63) is 100 Å². The van der Waals surface area contributed by atoms with Crippen molar-refractivity contribution in [1.82, 2.24) is 0 Å². The first-order valence-electron chi connectivity index (χ1n) is 11.1. The van der Waals surface area contributed by atoms with Crippen molar-refractivity contribution in [1.29, 1.82) is 0 Å². The van der Waals surface area contributed by atoms with Crippen LogP contribution in [0.25, 0.3) is 0 Å². The Morgan fingerprint density at radius 1 is 0.475 bits per heavy atom. The number of carboxylic acids is 6. The summed E-state index contributed by atoms with van der Waals surface area (Å²) in [7, 11) is 0. The van der Waals surface area contributed by atoms with Gasteiger partial charge in [-0.3, -0.25) is 0 Å². The van der Waals surface area contributed by atoms with Gasteiger partial charge in [-0.15, -0.1) is 0 Å². The molecule has 13 heteroatoms. The lowest BCUT2D eigenvalue weighted by molar-refractivity contribution is 0.0645. The maximum Gasteiger partial charge on any atom is 0.340 e. The van der Waals surface area contributed by atoms with Crippen molar-refractivity contribution >= 4 is 35.8 Å². The Bertz CT molecular complexity index is 1290. The van der Waals surface area contributed by atoms with Gasteiger partial charge >= 0.3 is 35.8 Å². The van der Waals surface area contributed by atoms with E-state index in [1.807, 2.05) is 0 Å². The molecular weight excluding hydrogens is 532 g/mol. The number of hydrogen-bond donors (Lipinski definition) is 6. The zero-order valence-corrected chi connectivity index (χ0v) is 21.0. The zero-order valence-electron chi connectivity index (χ0n) is 21.0. The second-order valence-electron chi connectivity index (χ2n) is 7.77. The molecule has 0 radical (unpaired) electrons. The van der Waals surface area contributed by atoms with Crippen LogP contribution in [0.2, 0.25) is 0 Å². The number of rotatable bonds is 8. The van der Waals surface area contributed by atoms with E-state index in [2.05, 4.69) is 0 Å². The van der Waals surface area contributed by atoms with Crippen LogP contribution in [-0.2, 0) is 0 Å². The van der Waals surface area contributed by atoms with Gasteiger partial charge in [-0.05, 0) is 50.2 Å². The van der Waals surface area contributed by atoms with Crippen LogP contribution in [0.4, 0.5) is 0 Å². The highest BCUT2D eigenvalue weighted by Gasteiger charge is 2.21. The van der Waals surface area contributed by atoms with E-state index < -0.39 is 35.8 Å². The molecule has 0 saturated carbocycles.